The summed E-state index contributed by atoms with van der Waals surface area (Å²) in [6.07, 6.45) is -2.60. The van der Waals surface area contributed by atoms with Crippen LogP contribution in [0, 0.1) is 0 Å². The molecule has 0 spiro atoms. The van der Waals surface area contributed by atoms with Crippen molar-refractivity contribution in [1.29, 1.82) is 0 Å². The lowest BCUT2D eigenvalue weighted by molar-refractivity contribution is -0.162. The fourth-order valence-corrected chi connectivity index (χ4v) is 2.47. The van der Waals surface area contributed by atoms with Crippen LogP contribution in [0.2, 0.25) is 0 Å². The van der Waals surface area contributed by atoms with Crippen molar-refractivity contribution >= 4 is 12.1 Å². The second-order valence-electron chi connectivity index (χ2n) is 6.06. The van der Waals surface area contributed by atoms with Crippen molar-refractivity contribution in [1.82, 2.24) is 4.90 Å². The van der Waals surface area contributed by atoms with E-state index in [4.69, 9.17) is 18.9 Å². The summed E-state index contributed by atoms with van der Waals surface area (Å²) in [5.41, 5.74) is -0.745. The number of amides is 1. The highest BCUT2D eigenvalue weighted by atomic mass is 16.7. The Bertz CT molecular complexity index is 402. The van der Waals surface area contributed by atoms with Crippen molar-refractivity contribution in [2.45, 2.75) is 57.3 Å². The first kappa shape index (κ1) is 18.7. The van der Waals surface area contributed by atoms with E-state index in [-0.39, 0.29) is 6.42 Å². The second kappa shape index (κ2) is 7.26. The fraction of sp³-hybridized carbons (Fsp3) is 0.857. The van der Waals surface area contributed by atoms with Crippen LogP contribution in [0.4, 0.5) is 4.79 Å². The molecule has 1 amide bonds. The predicted molar refractivity (Wildman–Crippen MR) is 76.1 cm³/mol. The maximum absolute atomic E-state index is 12.5. The number of hydrogen-bond acceptors (Lipinski definition) is 7. The molecule has 1 aliphatic heterocycles. The number of aliphatic hydroxyl groups is 1. The minimum atomic E-state index is -0.999. The molecule has 3 atom stereocenters. The number of hydrogen-bond donors (Lipinski definition) is 1. The van der Waals surface area contributed by atoms with Gasteiger partial charge in [0, 0.05) is 20.6 Å². The fourth-order valence-electron chi connectivity index (χ4n) is 2.47. The Balaban J connectivity index is 3.12. The summed E-state index contributed by atoms with van der Waals surface area (Å²) in [7, 11) is 4.00. The molecule has 1 rings (SSSR count). The van der Waals surface area contributed by atoms with Gasteiger partial charge < -0.3 is 24.1 Å². The van der Waals surface area contributed by atoms with Crippen molar-refractivity contribution < 1.29 is 33.6 Å². The van der Waals surface area contributed by atoms with E-state index >= 15 is 0 Å². The molecule has 0 aliphatic carbocycles. The largest absolute Gasteiger partial charge is 0.467 e. The molecule has 0 radical (unpaired) electrons. The van der Waals surface area contributed by atoms with Crippen molar-refractivity contribution in [3.63, 3.8) is 0 Å². The third-order valence-corrected chi connectivity index (χ3v) is 3.34. The molecule has 0 aromatic rings. The van der Waals surface area contributed by atoms with Gasteiger partial charge in [-0.2, -0.15) is 0 Å². The molecule has 1 fully saturated rings. The summed E-state index contributed by atoms with van der Waals surface area (Å²) in [6.45, 7) is 5.14. The number of esters is 1. The summed E-state index contributed by atoms with van der Waals surface area (Å²) in [4.78, 5) is 25.5. The maximum atomic E-state index is 12.5. The zero-order valence-corrected chi connectivity index (χ0v) is 13.9. The predicted octanol–water partition coefficient (Wildman–Crippen LogP) is 0.517. The van der Waals surface area contributed by atoms with Crippen LogP contribution < -0.4 is 0 Å². The van der Waals surface area contributed by atoms with Gasteiger partial charge in [0.15, 0.2) is 6.29 Å². The van der Waals surface area contributed by atoms with E-state index in [1.54, 1.807) is 20.8 Å². The lowest BCUT2D eigenvalue weighted by Gasteiger charge is -2.34. The van der Waals surface area contributed by atoms with Crippen LogP contribution in [0.3, 0.4) is 0 Å². The molecule has 1 N–H and O–H groups in total. The van der Waals surface area contributed by atoms with Crippen molar-refractivity contribution in [3.8, 4) is 0 Å². The summed E-state index contributed by atoms with van der Waals surface area (Å²) in [5, 5.41) is 10.2. The molecule has 8 nitrogen and oxygen atoms in total. The van der Waals surface area contributed by atoms with Gasteiger partial charge in [-0.15, -0.1) is 0 Å². The van der Waals surface area contributed by atoms with Gasteiger partial charge in [0.05, 0.1) is 13.2 Å². The van der Waals surface area contributed by atoms with E-state index in [1.165, 1.54) is 21.3 Å². The number of likely N-dealkylation sites (tertiary alicyclic amines) is 1. The minimum Gasteiger partial charge on any atom is -0.467 e. The Labute approximate surface area is 130 Å². The summed E-state index contributed by atoms with van der Waals surface area (Å²) >= 11 is 0. The average Bonchev–Trinajstić information content (AvgIpc) is 2.76. The second-order valence-corrected chi connectivity index (χ2v) is 6.06. The minimum absolute atomic E-state index is 0.0276. The maximum Gasteiger partial charge on any atom is 0.411 e. The number of ether oxygens (including phenoxy) is 4. The van der Waals surface area contributed by atoms with Crippen LogP contribution >= 0.6 is 0 Å². The third-order valence-electron chi connectivity index (χ3n) is 3.34. The Kier molecular flexibility index (Phi) is 6.16. The molecular weight excluding hydrogens is 294 g/mol. The molecule has 1 saturated heterocycles. The lowest BCUT2D eigenvalue weighted by atomic mass is 10.1. The third kappa shape index (κ3) is 4.08. The Morgan fingerprint density at radius 1 is 1.18 bits per heavy atom. The van der Waals surface area contributed by atoms with E-state index in [0.717, 1.165) is 4.90 Å². The molecule has 22 heavy (non-hydrogen) atoms. The smallest absolute Gasteiger partial charge is 0.411 e. The summed E-state index contributed by atoms with van der Waals surface area (Å²) in [5.74, 6) is -0.627. The standard InChI is InChI=1S/C14H25NO7/c1-14(2,3)22-13(18)15-8(11(17)19-4)7-9(16)10(15)12(20-5)21-6/h8-10,12,16H,7H2,1-6H3/t8-,9-,10+/m1/s1. The first-order valence-electron chi connectivity index (χ1n) is 6.99. The van der Waals surface area contributed by atoms with Crippen LogP contribution in [-0.2, 0) is 23.7 Å². The normalized spacial score (nSPS) is 25.5. The highest BCUT2D eigenvalue weighted by molar-refractivity contribution is 5.82. The van der Waals surface area contributed by atoms with Crippen molar-refractivity contribution in [2.24, 2.45) is 0 Å². The summed E-state index contributed by atoms with van der Waals surface area (Å²) < 4.78 is 20.3. The molecular formula is C14H25NO7. The first-order chi connectivity index (χ1) is 10.2. The SMILES string of the molecule is COC(=O)[C@H]1C[C@@H](O)[C@@H](C(OC)OC)N1C(=O)OC(C)(C)C. The van der Waals surface area contributed by atoms with Crippen LogP contribution in [0.5, 0.6) is 0 Å². The number of aliphatic hydroxyl groups excluding tert-OH is 1. The molecule has 1 heterocycles. The van der Waals surface area contributed by atoms with E-state index in [9.17, 15) is 14.7 Å². The van der Waals surface area contributed by atoms with Crippen molar-refractivity contribution in [2.75, 3.05) is 21.3 Å². The highest BCUT2D eigenvalue weighted by Gasteiger charge is 2.52. The molecule has 8 heteroatoms. The Hall–Kier alpha value is -1.38. The van der Waals surface area contributed by atoms with Gasteiger partial charge >= 0.3 is 12.1 Å². The first-order valence-corrected chi connectivity index (χ1v) is 6.99. The Morgan fingerprint density at radius 3 is 2.14 bits per heavy atom. The van der Waals surface area contributed by atoms with Crippen LogP contribution in [0.1, 0.15) is 27.2 Å². The number of rotatable bonds is 4. The van der Waals surface area contributed by atoms with Gasteiger partial charge in [-0.1, -0.05) is 0 Å². The van der Waals surface area contributed by atoms with Gasteiger partial charge in [-0.25, -0.2) is 9.59 Å². The van der Waals surface area contributed by atoms with Gasteiger partial charge in [-0.05, 0) is 20.8 Å². The Morgan fingerprint density at radius 2 is 1.73 bits per heavy atom. The molecule has 0 aromatic heterocycles. The summed E-state index contributed by atoms with van der Waals surface area (Å²) in [6, 6.07) is -1.82. The number of nitrogens with zero attached hydrogens (tertiary/aromatic N) is 1. The highest BCUT2D eigenvalue weighted by Crippen LogP contribution is 2.31. The lowest BCUT2D eigenvalue weighted by Crippen LogP contribution is -2.53. The molecule has 1 aliphatic rings. The van der Waals surface area contributed by atoms with Gasteiger partial charge in [0.1, 0.15) is 17.7 Å². The van der Waals surface area contributed by atoms with E-state index in [2.05, 4.69) is 0 Å². The van der Waals surface area contributed by atoms with Crippen LogP contribution in [0.15, 0.2) is 0 Å². The molecule has 0 bridgehead atoms. The molecule has 128 valence electrons. The van der Waals surface area contributed by atoms with Gasteiger partial charge in [0.2, 0.25) is 0 Å². The zero-order valence-electron chi connectivity index (χ0n) is 13.9. The average molecular weight is 319 g/mol. The van der Waals surface area contributed by atoms with E-state index < -0.39 is 42.1 Å². The number of methoxy groups -OCH3 is 3. The van der Waals surface area contributed by atoms with E-state index in [0.29, 0.717) is 0 Å². The van der Waals surface area contributed by atoms with Crippen LogP contribution in [-0.4, -0.2) is 73.5 Å². The van der Waals surface area contributed by atoms with E-state index in [1.807, 2.05) is 0 Å². The van der Waals surface area contributed by atoms with Crippen LogP contribution in [0.25, 0.3) is 0 Å². The zero-order chi connectivity index (χ0) is 17.1. The quantitative estimate of drug-likeness (QED) is 0.596. The number of carbonyl (C=O) groups is 2. The van der Waals surface area contributed by atoms with Gasteiger partial charge in [-0.3, -0.25) is 4.90 Å². The monoisotopic (exact) mass is 319 g/mol. The number of carbonyl (C=O) groups excluding carboxylic acids is 2. The molecule has 0 unspecified atom stereocenters. The molecule has 0 saturated carbocycles. The van der Waals surface area contributed by atoms with Crippen molar-refractivity contribution in [3.05, 3.63) is 0 Å². The molecule has 0 aromatic carbocycles. The topological polar surface area (TPSA) is 94.5 Å². The van der Waals surface area contributed by atoms with Gasteiger partial charge in [0.25, 0.3) is 0 Å².